The number of likely N-dealkylation sites (tertiary alicyclic amines) is 2. The van der Waals surface area contributed by atoms with E-state index in [1.807, 2.05) is 53.4 Å². The first-order chi connectivity index (χ1) is 21.9. The molecule has 45 heavy (non-hydrogen) atoms. The van der Waals surface area contributed by atoms with Gasteiger partial charge in [0.25, 0.3) is 5.91 Å². The molecule has 8 heteroatoms. The van der Waals surface area contributed by atoms with Gasteiger partial charge in [-0.1, -0.05) is 24.3 Å². The van der Waals surface area contributed by atoms with Crippen LogP contribution in [0, 0.1) is 23.2 Å². The maximum atomic E-state index is 13.1. The normalized spacial score (nSPS) is 17.9. The van der Waals surface area contributed by atoms with E-state index in [0.29, 0.717) is 54.5 Å². The Bertz CT molecular complexity index is 1530. The van der Waals surface area contributed by atoms with Crippen molar-refractivity contribution in [3.8, 4) is 11.8 Å². The zero-order chi connectivity index (χ0) is 31.2. The van der Waals surface area contributed by atoms with Gasteiger partial charge >= 0.3 is 0 Å². The number of hydrogen-bond donors (Lipinski definition) is 0. The quantitative estimate of drug-likeness (QED) is 0.261. The molecule has 2 aromatic carbocycles. The summed E-state index contributed by atoms with van der Waals surface area (Å²) in [5.74, 6) is 1.70. The molecule has 6 rings (SSSR count). The Balaban J connectivity index is 0.914. The highest BCUT2D eigenvalue weighted by Gasteiger charge is 2.29. The van der Waals surface area contributed by atoms with Gasteiger partial charge in [0.05, 0.1) is 11.6 Å². The Kier molecular flexibility index (Phi) is 9.66. The first-order valence-electron chi connectivity index (χ1n) is 16.2. The first-order valence-corrected chi connectivity index (χ1v) is 16.2. The monoisotopic (exact) mass is 604 g/mol. The summed E-state index contributed by atoms with van der Waals surface area (Å²) in [6.45, 7) is 3.92. The van der Waals surface area contributed by atoms with Gasteiger partial charge in [0.2, 0.25) is 0 Å². The molecule has 232 valence electrons. The lowest BCUT2D eigenvalue weighted by Gasteiger charge is -2.32. The maximum absolute atomic E-state index is 13.1. The minimum atomic E-state index is -0.119. The lowest BCUT2D eigenvalue weighted by molar-refractivity contribution is -0.119. The van der Waals surface area contributed by atoms with Crippen molar-refractivity contribution in [3.63, 3.8) is 0 Å². The highest BCUT2D eigenvalue weighted by atomic mass is 16.5. The van der Waals surface area contributed by atoms with Gasteiger partial charge in [0.1, 0.15) is 23.3 Å². The second-order valence-electron chi connectivity index (χ2n) is 12.8. The molecule has 1 aromatic heterocycles. The molecule has 2 aliphatic heterocycles. The predicted molar refractivity (Wildman–Crippen MR) is 170 cm³/mol. The molecule has 0 unspecified atom stereocenters. The predicted octanol–water partition coefficient (Wildman–Crippen LogP) is 5.64. The van der Waals surface area contributed by atoms with E-state index in [9.17, 15) is 14.4 Å². The van der Waals surface area contributed by atoms with Crippen molar-refractivity contribution in [2.75, 3.05) is 26.2 Å². The maximum Gasteiger partial charge on any atom is 0.272 e. The Hall–Kier alpha value is -4.35. The summed E-state index contributed by atoms with van der Waals surface area (Å²) >= 11 is 0. The Morgan fingerprint density at radius 1 is 0.822 bits per heavy atom. The Morgan fingerprint density at radius 3 is 2.13 bits per heavy atom. The summed E-state index contributed by atoms with van der Waals surface area (Å²) in [6.07, 6.45) is 8.05. The van der Waals surface area contributed by atoms with E-state index in [1.54, 1.807) is 18.3 Å². The van der Waals surface area contributed by atoms with Gasteiger partial charge in [-0.15, -0.1) is 0 Å². The SMILES string of the molecule is N#Cc1ccc(CN2CCC(CC(=O)c3ccc(C(=O)N4CCC(Oc5ccc(CC(=O)C6CC6)cc5)CC4)nc3)CC2)cc1. The summed E-state index contributed by atoms with van der Waals surface area (Å²) in [7, 11) is 0. The molecular weight excluding hydrogens is 564 g/mol. The number of pyridine rings is 1. The molecule has 1 aliphatic carbocycles. The highest BCUT2D eigenvalue weighted by Crippen LogP contribution is 2.31. The topological polar surface area (TPSA) is 104 Å². The fourth-order valence-electron chi connectivity index (χ4n) is 6.32. The second-order valence-corrected chi connectivity index (χ2v) is 12.8. The number of Topliss-reactive ketones (excluding diaryl/α,β-unsaturated/α-hetero) is 2. The van der Waals surface area contributed by atoms with Crippen LogP contribution in [0.4, 0.5) is 0 Å². The summed E-state index contributed by atoms with van der Waals surface area (Å²) in [5.41, 5.74) is 3.81. The van der Waals surface area contributed by atoms with Crippen molar-refractivity contribution in [2.45, 2.75) is 64.0 Å². The number of ether oxygens (including phenoxy) is 1. The van der Waals surface area contributed by atoms with Crippen LogP contribution in [-0.4, -0.2) is 64.5 Å². The molecule has 2 saturated heterocycles. The molecular formula is C37H40N4O4. The minimum Gasteiger partial charge on any atom is -0.490 e. The molecule has 3 heterocycles. The Morgan fingerprint density at radius 2 is 1.51 bits per heavy atom. The number of nitriles is 1. The van der Waals surface area contributed by atoms with E-state index in [0.717, 1.165) is 69.5 Å². The molecule has 3 aromatic rings. The zero-order valence-electron chi connectivity index (χ0n) is 25.7. The Labute approximate surface area is 265 Å². The number of aromatic nitrogens is 1. The van der Waals surface area contributed by atoms with Crippen LogP contribution in [0.25, 0.3) is 0 Å². The number of amides is 1. The molecule has 1 saturated carbocycles. The molecule has 0 radical (unpaired) electrons. The summed E-state index contributed by atoms with van der Waals surface area (Å²) < 4.78 is 6.17. The molecule has 8 nitrogen and oxygen atoms in total. The molecule has 3 aliphatic rings. The third kappa shape index (κ3) is 8.23. The largest absolute Gasteiger partial charge is 0.490 e. The average Bonchev–Trinajstić information content (AvgIpc) is 3.93. The van der Waals surface area contributed by atoms with Crippen molar-refractivity contribution < 1.29 is 19.1 Å². The van der Waals surface area contributed by atoms with Gasteiger partial charge in [0.15, 0.2) is 5.78 Å². The van der Waals surface area contributed by atoms with Crippen LogP contribution in [-0.2, 0) is 17.8 Å². The van der Waals surface area contributed by atoms with Gasteiger partial charge in [-0.2, -0.15) is 5.26 Å². The van der Waals surface area contributed by atoms with Crippen molar-refractivity contribution in [1.82, 2.24) is 14.8 Å². The zero-order valence-corrected chi connectivity index (χ0v) is 25.7. The minimum absolute atomic E-state index is 0.0313. The van der Waals surface area contributed by atoms with Crippen LogP contribution in [0.3, 0.4) is 0 Å². The average molecular weight is 605 g/mol. The number of rotatable bonds is 11. The summed E-state index contributed by atoms with van der Waals surface area (Å²) in [6, 6.07) is 21.1. The number of carbonyl (C=O) groups is 3. The van der Waals surface area contributed by atoms with Gasteiger partial charge in [-0.25, -0.2) is 0 Å². The van der Waals surface area contributed by atoms with Gasteiger partial charge < -0.3 is 9.64 Å². The number of hydrogen-bond acceptors (Lipinski definition) is 7. The van der Waals surface area contributed by atoms with E-state index in [2.05, 4.69) is 16.0 Å². The van der Waals surface area contributed by atoms with E-state index in [-0.39, 0.29) is 23.7 Å². The number of benzene rings is 2. The van der Waals surface area contributed by atoms with Gasteiger partial charge in [-0.3, -0.25) is 24.3 Å². The van der Waals surface area contributed by atoms with Crippen LogP contribution in [0.2, 0.25) is 0 Å². The number of carbonyl (C=O) groups excluding carboxylic acids is 3. The molecule has 0 spiro atoms. The fourth-order valence-corrected chi connectivity index (χ4v) is 6.32. The van der Waals surface area contributed by atoms with E-state index < -0.39 is 0 Å². The standard InChI is InChI=1S/C37H40N4O4/c38-23-28-1-3-29(4-2-28)25-40-17-13-27(14-18-40)22-36(43)31-9-12-34(39-24-31)37(44)41-19-15-33(16-20-41)45-32-10-5-26(6-11-32)21-35(42)30-7-8-30/h1-6,9-12,24,27,30,33H,7-8,13-22,25H2. The lowest BCUT2D eigenvalue weighted by Crippen LogP contribution is -2.42. The molecule has 3 fully saturated rings. The second kappa shape index (κ2) is 14.2. The highest BCUT2D eigenvalue weighted by molar-refractivity contribution is 5.97. The van der Waals surface area contributed by atoms with Gasteiger partial charge in [-0.05, 0) is 92.2 Å². The van der Waals surface area contributed by atoms with Crippen molar-refractivity contribution in [3.05, 3.63) is 94.8 Å². The van der Waals surface area contributed by atoms with Crippen molar-refractivity contribution in [1.29, 1.82) is 5.26 Å². The van der Waals surface area contributed by atoms with Crippen LogP contribution in [0.5, 0.6) is 5.75 Å². The molecule has 0 atom stereocenters. The summed E-state index contributed by atoms with van der Waals surface area (Å²) in [5, 5.41) is 8.98. The number of piperidine rings is 2. The smallest absolute Gasteiger partial charge is 0.272 e. The lowest BCUT2D eigenvalue weighted by atomic mass is 9.90. The van der Waals surface area contributed by atoms with Crippen LogP contribution in [0.1, 0.15) is 82.5 Å². The first kappa shape index (κ1) is 30.7. The van der Waals surface area contributed by atoms with Gasteiger partial charge in [0, 0.05) is 63.0 Å². The van der Waals surface area contributed by atoms with Crippen molar-refractivity contribution in [2.24, 2.45) is 11.8 Å². The van der Waals surface area contributed by atoms with E-state index >= 15 is 0 Å². The molecule has 1 amide bonds. The van der Waals surface area contributed by atoms with Crippen LogP contribution < -0.4 is 4.74 Å². The van der Waals surface area contributed by atoms with Crippen LogP contribution >= 0.6 is 0 Å². The molecule has 0 bridgehead atoms. The number of ketones is 2. The van der Waals surface area contributed by atoms with Crippen molar-refractivity contribution >= 4 is 17.5 Å². The fraction of sp³-hybridized carbons (Fsp3) is 0.432. The van der Waals surface area contributed by atoms with E-state index in [4.69, 9.17) is 10.00 Å². The third-order valence-corrected chi connectivity index (χ3v) is 9.34. The third-order valence-electron chi connectivity index (χ3n) is 9.34. The van der Waals surface area contributed by atoms with Crippen LogP contribution in [0.15, 0.2) is 66.9 Å². The van der Waals surface area contributed by atoms with E-state index in [1.165, 1.54) is 5.56 Å². The summed E-state index contributed by atoms with van der Waals surface area (Å²) in [4.78, 5) is 46.8. The number of nitrogens with zero attached hydrogens (tertiary/aromatic N) is 4. The molecule has 0 N–H and O–H groups in total.